The number of phosphoric acid groups is 1. The van der Waals surface area contributed by atoms with Crippen molar-refractivity contribution in [1.29, 1.82) is 0 Å². The van der Waals surface area contributed by atoms with E-state index in [1.165, 1.54) is 0 Å². The topological polar surface area (TPSA) is 119 Å². The molecule has 9 heavy (non-hydrogen) atoms. The van der Waals surface area contributed by atoms with E-state index in [1.54, 1.807) is 0 Å². The molecule has 0 saturated carbocycles. The van der Waals surface area contributed by atoms with Crippen molar-refractivity contribution in [2.45, 2.75) is 0 Å². The minimum Gasteiger partial charge on any atom is -0.333 e. The predicted octanol–water partition coefficient (Wildman–Crippen LogP) is -0.894. The Hall–Kier alpha value is -0.620. The molecule has 0 rings (SSSR count). The minimum atomic E-state index is -4.74. The van der Waals surface area contributed by atoms with E-state index in [9.17, 15) is 9.36 Å². The maximum absolute atomic E-state index is 9.68. The molecule has 1 amide bonds. The monoisotopic (exact) mass is 157 g/mol. The van der Waals surface area contributed by atoms with Crippen LogP contribution in [-0.2, 0) is 14.1 Å². The smallest absolute Gasteiger partial charge is 0.333 e. The lowest BCUT2D eigenvalue weighted by Crippen LogP contribution is -2.12. The van der Waals surface area contributed by atoms with Gasteiger partial charge in [-0.05, 0) is 0 Å². The first-order chi connectivity index (χ1) is 3.92. The second-order valence-electron chi connectivity index (χ2n) is 0.967. The van der Waals surface area contributed by atoms with E-state index in [0.717, 1.165) is 0 Å². The summed E-state index contributed by atoms with van der Waals surface area (Å²) in [6.45, 7) is 0. The van der Waals surface area contributed by atoms with Crippen molar-refractivity contribution in [2.24, 2.45) is 5.73 Å². The summed E-state index contributed by atoms with van der Waals surface area (Å²) in [5.74, 6) is 0. The van der Waals surface area contributed by atoms with Crippen molar-refractivity contribution in [3.8, 4) is 0 Å². The normalized spacial score (nSPS) is 10.9. The fourth-order valence-electron chi connectivity index (χ4n) is 0.0853. The summed E-state index contributed by atoms with van der Waals surface area (Å²) < 4.78 is 12.9. The molecule has 0 radical (unpaired) electrons. The van der Waals surface area contributed by atoms with Crippen molar-refractivity contribution < 1.29 is 28.7 Å². The molecule has 0 aromatic heterocycles. The molecular formula is CH4NO6P. The zero-order chi connectivity index (χ0) is 7.49. The van der Waals surface area contributed by atoms with Gasteiger partial charge in [0.25, 0.3) is 0 Å². The predicted molar refractivity (Wildman–Crippen MR) is 23.8 cm³/mol. The lowest BCUT2D eigenvalue weighted by Gasteiger charge is -1.98. The molecule has 0 aliphatic heterocycles. The van der Waals surface area contributed by atoms with Crippen molar-refractivity contribution >= 4 is 13.9 Å². The van der Waals surface area contributed by atoms with Gasteiger partial charge >= 0.3 is 13.9 Å². The van der Waals surface area contributed by atoms with Crippen molar-refractivity contribution in [2.75, 3.05) is 0 Å². The molecule has 0 saturated heterocycles. The Bertz CT molecular complexity index is 147. The molecule has 4 N–H and O–H groups in total. The number of amides is 1. The van der Waals surface area contributed by atoms with Crippen LogP contribution in [-0.4, -0.2) is 15.9 Å². The average Bonchev–Trinajstić information content (AvgIpc) is 1.59. The lowest BCUT2D eigenvalue weighted by atomic mass is 11.3. The molecule has 0 unspecified atom stereocenters. The van der Waals surface area contributed by atoms with E-state index in [0.29, 0.717) is 0 Å². The van der Waals surface area contributed by atoms with E-state index >= 15 is 0 Å². The van der Waals surface area contributed by atoms with Gasteiger partial charge in [-0.2, -0.15) is 0 Å². The molecule has 0 aromatic rings. The Morgan fingerprint density at radius 2 is 2.00 bits per heavy atom. The molecule has 54 valence electrons. The zero-order valence-electron chi connectivity index (χ0n) is 4.05. The van der Waals surface area contributed by atoms with Gasteiger partial charge in [-0.3, -0.25) is 4.89 Å². The fourth-order valence-corrected chi connectivity index (χ4v) is 0.256. The Morgan fingerprint density at radius 1 is 1.56 bits per heavy atom. The molecule has 0 atom stereocenters. The Balaban J connectivity index is 3.53. The van der Waals surface area contributed by atoms with Crippen LogP contribution in [0.25, 0.3) is 0 Å². The van der Waals surface area contributed by atoms with Crippen LogP contribution in [0, 0.1) is 0 Å². The summed E-state index contributed by atoms with van der Waals surface area (Å²) in [7, 11) is -4.74. The summed E-state index contributed by atoms with van der Waals surface area (Å²) in [5, 5.41) is 0. The highest BCUT2D eigenvalue weighted by Crippen LogP contribution is 2.35. The third-order valence-corrected chi connectivity index (χ3v) is 0.485. The summed E-state index contributed by atoms with van der Waals surface area (Å²) in [5.41, 5.74) is 4.27. The van der Waals surface area contributed by atoms with E-state index < -0.39 is 13.9 Å². The van der Waals surface area contributed by atoms with Crippen LogP contribution >= 0.6 is 7.82 Å². The number of hydrogen-bond donors (Lipinski definition) is 3. The molecule has 0 aliphatic rings. The molecule has 7 nitrogen and oxygen atoms in total. The number of primary amides is 1. The van der Waals surface area contributed by atoms with Gasteiger partial charge in [-0.25, -0.2) is 9.36 Å². The van der Waals surface area contributed by atoms with Gasteiger partial charge in [0.1, 0.15) is 0 Å². The van der Waals surface area contributed by atoms with Crippen LogP contribution in [0.1, 0.15) is 0 Å². The average molecular weight is 157 g/mol. The first-order valence-corrected chi connectivity index (χ1v) is 3.16. The fraction of sp³-hybridized carbons (Fsp3) is 0. The van der Waals surface area contributed by atoms with Crippen LogP contribution in [0.5, 0.6) is 0 Å². The number of hydrogen-bond acceptors (Lipinski definition) is 4. The first kappa shape index (κ1) is 8.38. The Kier molecular flexibility index (Phi) is 2.60. The van der Waals surface area contributed by atoms with Crippen LogP contribution in [0.2, 0.25) is 0 Å². The number of nitrogens with two attached hydrogens (primary N) is 1. The van der Waals surface area contributed by atoms with E-state index in [-0.39, 0.29) is 0 Å². The number of carbonyl (C=O) groups is 1. The van der Waals surface area contributed by atoms with Gasteiger partial charge in [0.05, 0.1) is 0 Å². The summed E-state index contributed by atoms with van der Waals surface area (Å²) in [4.78, 5) is 28.5. The lowest BCUT2D eigenvalue weighted by molar-refractivity contribution is -0.157. The van der Waals surface area contributed by atoms with Crippen LogP contribution in [0.3, 0.4) is 0 Å². The van der Waals surface area contributed by atoms with Gasteiger partial charge in [0, 0.05) is 0 Å². The molecule has 0 fully saturated rings. The van der Waals surface area contributed by atoms with Crippen LogP contribution in [0.4, 0.5) is 4.79 Å². The highest BCUT2D eigenvalue weighted by atomic mass is 31.2. The van der Waals surface area contributed by atoms with Crippen molar-refractivity contribution in [3.63, 3.8) is 0 Å². The highest BCUT2D eigenvalue weighted by Gasteiger charge is 2.17. The minimum absolute atomic E-state index is 1.42. The molecule has 0 spiro atoms. The summed E-state index contributed by atoms with van der Waals surface area (Å²) >= 11 is 0. The quantitative estimate of drug-likeness (QED) is 0.271. The van der Waals surface area contributed by atoms with Gasteiger partial charge in [0.2, 0.25) is 0 Å². The molecule has 0 heterocycles. The van der Waals surface area contributed by atoms with Crippen LogP contribution in [0.15, 0.2) is 0 Å². The molecule has 8 heteroatoms. The zero-order valence-corrected chi connectivity index (χ0v) is 4.95. The Labute approximate surface area is 49.5 Å². The molecule has 0 aromatic carbocycles. The number of rotatable bonds is 2. The highest BCUT2D eigenvalue weighted by molar-refractivity contribution is 7.46. The second kappa shape index (κ2) is 2.79. The first-order valence-electron chi connectivity index (χ1n) is 1.63. The molecule has 0 bridgehead atoms. The standard InChI is InChI=1S/CH4NO6P/c2-1(3)7-8-9(4,5)6/h(H2,2,3)(H2,4,5,6). The summed E-state index contributed by atoms with van der Waals surface area (Å²) in [6.07, 6.45) is -1.42. The molecular weight excluding hydrogens is 153 g/mol. The van der Waals surface area contributed by atoms with Gasteiger partial charge in [-0.1, -0.05) is 4.67 Å². The second-order valence-corrected chi connectivity index (χ2v) is 2.10. The number of carbonyl (C=O) groups excluding carboxylic acids is 1. The largest absolute Gasteiger partial charge is 0.505 e. The van der Waals surface area contributed by atoms with Gasteiger partial charge in [-0.15, -0.1) is 0 Å². The van der Waals surface area contributed by atoms with Crippen molar-refractivity contribution in [3.05, 3.63) is 0 Å². The maximum Gasteiger partial charge on any atom is 0.505 e. The van der Waals surface area contributed by atoms with E-state index in [1.807, 2.05) is 0 Å². The SMILES string of the molecule is NC(=O)OOP(=O)(O)O. The van der Waals surface area contributed by atoms with Gasteiger partial charge in [0.15, 0.2) is 0 Å². The Morgan fingerprint density at radius 3 is 2.11 bits per heavy atom. The third-order valence-electron chi connectivity index (χ3n) is 0.216. The van der Waals surface area contributed by atoms with Gasteiger partial charge < -0.3 is 15.5 Å². The maximum atomic E-state index is 9.68. The van der Waals surface area contributed by atoms with E-state index in [4.69, 9.17) is 9.79 Å². The van der Waals surface area contributed by atoms with Crippen molar-refractivity contribution in [1.82, 2.24) is 0 Å². The summed E-state index contributed by atoms with van der Waals surface area (Å²) in [6, 6.07) is 0. The molecule has 0 aliphatic carbocycles. The third kappa shape index (κ3) is 7.38. The van der Waals surface area contributed by atoms with E-state index in [2.05, 4.69) is 15.3 Å². The van der Waals surface area contributed by atoms with Crippen LogP contribution < -0.4 is 5.73 Å².